The zero-order valence-electron chi connectivity index (χ0n) is 8.75. The second-order valence-electron chi connectivity index (χ2n) is 3.12. The topological polar surface area (TPSA) is 67.4 Å². The van der Waals surface area contributed by atoms with E-state index in [0.29, 0.717) is 13.2 Å². The first-order valence-electron chi connectivity index (χ1n) is 4.98. The van der Waals surface area contributed by atoms with Crippen molar-refractivity contribution in [1.82, 2.24) is 10.6 Å². The van der Waals surface area contributed by atoms with E-state index >= 15 is 0 Å². The van der Waals surface area contributed by atoms with Gasteiger partial charge in [0.25, 0.3) is 0 Å². The minimum atomic E-state index is -0.272. The SMILES string of the molecule is CCOC(=O)CCNC(=O)[C@H]1CSCN1. The number of rotatable bonds is 5. The molecule has 1 aliphatic heterocycles. The molecule has 6 heteroatoms. The molecular formula is C9H16N2O3S. The summed E-state index contributed by atoms with van der Waals surface area (Å²) in [5.41, 5.74) is 0. The van der Waals surface area contributed by atoms with Crippen molar-refractivity contribution in [3.63, 3.8) is 0 Å². The first-order chi connectivity index (χ1) is 7.24. The highest BCUT2D eigenvalue weighted by Gasteiger charge is 2.21. The summed E-state index contributed by atoms with van der Waals surface area (Å²) >= 11 is 1.69. The van der Waals surface area contributed by atoms with Crippen molar-refractivity contribution >= 4 is 23.6 Å². The van der Waals surface area contributed by atoms with Crippen LogP contribution in [0.4, 0.5) is 0 Å². The number of hydrogen-bond acceptors (Lipinski definition) is 5. The Labute approximate surface area is 93.3 Å². The maximum Gasteiger partial charge on any atom is 0.307 e. The normalized spacial score (nSPS) is 19.9. The van der Waals surface area contributed by atoms with Crippen molar-refractivity contribution < 1.29 is 14.3 Å². The third-order valence-corrected chi connectivity index (χ3v) is 2.91. The Morgan fingerprint density at radius 1 is 1.60 bits per heavy atom. The molecule has 1 rings (SSSR count). The van der Waals surface area contributed by atoms with Gasteiger partial charge in [0.15, 0.2) is 0 Å². The molecule has 0 radical (unpaired) electrons. The Hall–Kier alpha value is -0.750. The number of ether oxygens (including phenoxy) is 1. The highest BCUT2D eigenvalue weighted by atomic mass is 32.2. The van der Waals surface area contributed by atoms with Crippen molar-refractivity contribution in [2.75, 3.05) is 24.8 Å². The molecule has 2 N–H and O–H groups in total. The summed E-state index contributed by atoms with van der Waals surface area (Å²) in [7, 11) is 0. The van der Waals surface area contributed by atoms with Crippen LogP contribution < -0.4 is 10.6 Å². The van der Waals surface area contributed by atoms with E-state index in [1.54, 1.807) is 18.7 Å². The number of amides is 1. The monoisotopic (exact) mass is 232 g/mol. The molecule has 15 heavy (non-hydrogen) atoms. The fourth-order valence-corrected chi connectivity index (χ4v) is 2.15. The Balaban J connectivity index is 2.08. The smallest absolute Gasteiger partial charge is 0.307 e. The lowest BCUT2D eigenvalue weighted by Crippen LogP contribution is -2.42. The Morgan fingerprint density at radius 3 is 3.00 bits per heavy atom. The molecule has 1 atom stereocenters. The maximum atomic E-state index is 11.4. The number of nitrogens with one attached hydrogen (secondary N) is 2. The lowest BCUT2D eigenvalue weighted by molar-refractivity contribution is -0.143. The van der Waals surface area contributed by atoms with Gasteiger partial charge in [0, 0.05) is 18.2 Å². The fourth-order valence-electron chi connectivity index (χ4n) is 1.21. The van der Waals surface area contributed by atoms with Crippen LogP contribution in [0.3, 0.4) is 0 Å². The van der Waals surface area contributed by atoms with Crippen LogP contribution in [0.1, 0.15) is 13.3 Å². The highest BCUT2D eigenvalue weighted by Crippen LogP contribution is 2.08. The first-order valence-corrected chi connectivity index (χ1v) is 6.14. The van der Waals surface area contributed by atoms with Gasteiger partial charge in [-0.15, -0.1) is 11.8 Å². The molecule has 0 saturated carbocycles. The second kappa shape index (κ2) is 6.68. The van der Waals surface area contributed by atoms with Crippen molar-refractivity contribution in [2.45, 2.75) is 19.4 Å². The molecule has 0 unspecified atom stereocenters. The van der Waals surface area contributed by atoms with Crippen molar-refractivity contribution in [1.29, 1.82) is 0 Å². The van der Waals surface area contributed by atoms with Crippen LogP contribution >= 0.6 is 11.8 Å². The third-order valence-electron chi connectivity index (χ3n) is 1.97. The molecule has 1 fully saturated rings. The largest absolute Gasteiger partial charge is 0.466 e. The summed E-state index contributed by atoms with van der Waals surface area (Å²) < 4.78 is 4.74. The summed E-state index contributed by atoms with van der Waals surface area (Å²) in [5.74, 6) is 1.30. The van der Waals surface area contributed by atoms with Gasteiger partial charge in [0.1, 0.15) is 0 Å². The number of esters is 1. The van der Waals surface area contributed by atoms with Crippen molar-refractivity contribution in [3.8, 4) is 0 Å². The molecule has 0 aliphatic carbocycles. The van der Waals surface area contributed by atoms with Gasteiger partial charge in [-0.05, 0) is 6.92 Å². The van der Waals surface area contributed by atoms with Gasteiger partial charge in [-0.1, -0.05) is 0 Å². The van der Waals surface area contributed by atoms with E-state index in [2.05, 4.69) is 10.6 Å². The fraction of sp³-hybridized carbons (Fsp3) is 0.778. The molecule has 0 spiro atoms. The van der Waals surface area contributed by atoms with E-state index in [1.165, 1.54) is 0 Å². The van der Waals surface area contributed by atoms with Gasteiger partial charge in [-0.3, -0.25) is 14.9 Å². The van der Waals surface area contributed by atoms with Crippen molar-refractivity contribution in [2.24, 2.45) is 0 Å². The van der Waals surface area contributed by atoms with Crippen LogP contribution in [0.15, 0.2) is 0 Å². The molecule has 0 aromatic carbocycles. The zero-order chi connectivity index (χ0) is 11.1. The molecule has 0 aromatic rings. The van der Waals surface area contributed by atoms with E-state index in [-0.39, 0.29) is 24.3 Å². The van der Waals surface area contributed by atoms with E-state index in [1.807, 2.05) is 0 Å². The predicted molar refractivity (Wildman–Crippen MR) is 58.5 cm³/mol. The van der Waals surface area contributed by atoms with E-state index in [9.17, 15) is 9.59 Å². The van der Waals surface area contributed by atoms with Gasteiger partial charge in [-0.2, -0.15) is 0 Å². The maximum absolute atomic E-state index is 11.4. The molecular weight excluding hydrogens is 216 g/mol. The van der Waals surface area contributed by atoms with Gasteiger partial charge in [0.05, 0.1) is 19.1 Å². The Bertz CT molecular complexity index is 229. The van der Waals surface area contributed by atoms with Crippen LogP contribution in [0.2, 0.25) is 0 Å². The van der Waals surface area contributed by atoms with Crippen LogP contribution in [-0.2, 0) is 14.3 Å². The minimum Gasteiger partial charge on any atom is -0.466 e. The Morgan fingerprint density at radius 2 is 2.40 bits per heavy atom. The Kier molecular flexibility index (Phi) is 5.49. The number of carbonyl (C=O) groups is 2. The lowest BCUT2D eigenvalue weighted by Gasteiger charge is -2.09. The van der Waals surface area contributed by atoms with Gasteiger partial charge in [0.2, 0.25) is 5.91 Å². The van der Waals surface area contributed by atoms with Gasteiger partial charge in [-0.25, -0.2) is 0 Å². The quantitative estimate of drug-likeness (QED) is 0.638. The minimum absolute atomic E-state index is 0.0377. The van der Waals surface area contributed by atoms with E-state index in [0.717, 1.165) is 11.6 Å². The van der Waals surface area contributed by atoms with Gasteiger partial charge < -0.3 is 10.1 Å². The molecule has 1 heterocycles. The summed E-state index contributed by atoms with van der Waals surface area (Å²) in [6, 6.07) is -0.114. The van der Waals surface area contributed by atoms with Crippen molar-refractivity contribution in [3.05, 3.63) is 0 Å². The zero-order valence-corrected chi connectivity index (χ0v) is 9.56. The standard InChI is InChI=1S/C9H16N2O3S/c1-2-14-8(12)3-4-10-9(13)7-5-15-6-11-7/h7,11H,2-6H2,1H3,(H,10,13)/t7-/m1/s1. The van der Waals surface area contributed by atoms with Crippen LogP contribution in [0.5, 0.6) is 0 Å². The summed E-state index contributed by atoms with van der Waals surface area (Å²) in [6.07, 6.45) is 0.236. The summed E-state index contributed by atoms with van der Waals surface area (Å²) in [6.45, 7) is 2.49. The molecule has 0 bridgehead atoms. The molecule has 1 amide bonds. The summed E-state index contributed by atoms with van der Waals surface area (Å²) in [4.78, 5) is 22.4. The van der Waals surface area contributed by atoms with Gasteiger partial charge >= 0.3 is 5.97 Å². The van der Waals surface area contributed by atoms with Crippen LogP contribution in [-0.4, -0.2) is 42.7 Å². The average molecular weight is 232 g/mol. The highest BCUT2D eigenvalue weighted by molar-refractivity contribution is 7.99. The average Bonchev–Trinajstić information content (AvgIpc) is 2.70. The lowest BCUT2D eigenvalue weighted by atomic mass is 10.3. The number of thioether (sulfide) groups is 1. The molecule has 5 nitrogen and oxygen atoms in total. The number of carbonyl (C=O) groups excluding carboxylic acids is 2. The van der Waals surface area contributed by atoms with Crippen LogP contribution in [0, 0.1) is 0 Å². The molecule has 86 valence electrons. The number of hydrogen-bond donors (Lipinski definition) is 2. The third kappa shape index (κ3) is 4.53. The van der Waals surface area contributed by atoms with E-state index < -0.39 is 0 Å². The molecule has 0 aromatic heterocycles. The second-order valence-corrected chi connectivity index (χ2v) is 4.15. The molecule has 1 aliphatic rings. The van der Waals surface area contributed by atoms with E-state index in [4.69, 9.17) is 4.74 Å². The van der Waals surface area contributed by atoms with Crippen LogP contribution in [0.25, 0.3) is 0 Å². The summed E-state index contributed by atoms with van der Waals surface area (Å²) in [5, 5.41) is 5.75. The predicted octanol–water partition coefficient (Wildman–Crippen LogP) is -0.282. The molecule has 1 saturated heterocycles. The first kappa shape index (κ1) is 12.3.